The largest absolute Gasteiger partial charge is 0.487 e. The molecule has 0 radical (unpaired) electrons. The van der Waals surface area contributed by atoms with E-state index in [1.54, 1.807) is 12.3 Å². The highest BCUT2D eigenvalue weighted by atomic mass is 32.1. The SMILES string of the molecule is CC(C)Oc1cccnc1-n1cnc(C(N)=S)n1. The van der Waals surface area contributed by atoms with Gasteiger partial charge in [0.15, 0.2) is 11.6 Å². The third-order valence-electron chi connectivity index (χ3n) is 2.04. The summed E-state index contributed by atoms with van der Waals surface area (Å²) in [5.74, 6) is 1.50. The fourth-order valence-corrected chi connectivity index (χ4v) is 1.47. The smallest absolute Gasteiger partial charge is 0.208 e. The minimum absolute atomic E-state index is 0.0477. The number of ether oxygens (including phenoxy) is 1. The number of rotatable bonds is 4. The molecule has 2 aromatic heterocycles. The molecule has 0 saturated heterocycles. The average Bonchev–Trinajstić information content (AvgIpc) is 2.78. The maximum atomic E-state index is 5.65. The quantitative estimate of drug-likeness (QED) is 0.832. The third-order valence-corrected chi connectivity index (χ3v) is 2.23. The maximum Gasteiger partial charge on any atom is 0.208 e. The summed E-state index contributed by atoms with van der Waals surface area (Å²) in [5, 5.41) is 4.14. The molecule has 0 atom stereocenters. The Bertz CT molecular complexity index is 566. The number of thiocarbonyl (C=S) groups is 1. The van der Waals surface area contributed by atoms with Crippen molar-refractivity contribution in [3.63, 3.8) is 0 Å². The first-order chi connectivity index (χ1) is 8.58. The van der Waals surface area contributed by atoms with Crippen LogP contribution in [0, 0.1) is 0 Å². The van der Waals surface area contributed by atoms with Crippen LogP contribution in [0.25, 0.3) is 5.82 Å². The van der Waals surface area contributed by atoms with Crippen LogP contribution < -0.4 is 10.5 Å². The first-order valence-corrected chi connectivity index (χ1v) is 5.82. The summed E-state index contributed by atoms with van der Waals surface area (Å²) in [4.78, 5) is 8.38. The van der Waals surface area contributed by atoms with E-state index in [4.69, 9.17) is 22.7 Å². The molecule has 0 aliphatic heterocycles. The second-order valence-electron chi connectivity index (χ2n) is 3.87. The Kier molecular flexibility index (Phi) is 3.52. The van der Waals surface area contributed by atoms with E-state index in [0.717, 1.165) is 0 Å². The van der Waals surface area contributed by atoms with Gasteiger partial charge in [0.05, 0.1) is 6.10 Å². The van der Waals surface area contributed by atoms with E-state index >= 15 is 0 Å². The van der Waals surface area contributed by atoms with Gasteiger partial charge in [0.2, 0.25) is 5.82 Å². The summed E-state index contributed by atoms with van der Waals surface area (Å²) < 4.78 is 7.15. The summed E-state index contributed by atoms with van der Waals surface area (Å²) in [7, 11) is 0. The Morgan fingerprint density at radius 1 is 1.44 bits per heavy atom. The molecule has 2 N–H and O–H groups in total. The van der Waals surface area contributed by atoms with Crippen molar-refractivity contribution in [3.05, 3.63) is 30.5 Å². The van der Waals surface area contributed by atoms with Gasteiger partial charge in [-0.3, -0.25) is 0 Å². The van der Waals surface area contributed by atoms with Gasteiger partial charge >= 0.3 is 0 Å². The van der Waals surface area contributed by atoms with Crippen LogP contribution in [0.15, 0.2) is 24.7 Å². The molecular formula is C11H13N5OS. The van der Waals surface area contributed by atoms with Gasteiger partial charge in [-0.15, -0.1) is 5.10 Å². The van der Waals surface area contributed by atoms with Gasteiger partial charge in [-0.25, -0.2) is 9.97 Å². The topological polar surface area (TPSA) is 78.8 Å². The lowest BCUT2D eigenvalue weighted by Gasteiger charge is -2.12. The molecule has 2 heterocycles. The molecule has 2 aromatic rings. The van der Waals surface area contributed by atoms with Gasteiger partial charge in [0.25, 0.3) is 0 Å². The van der Waals surface area contributed by atoms with Crippen LogP contribution in [0.2, 0.25) is 0 Å². The normalized spacial score (nSPS) is 10.6. The second kappa shape index (κ2) is 5.09. The maximum absolute atomic E-state index is 5.65. The molecule has 0 saturated carbocycles. The van der Waals surface area contributed by atoms with Crippen molar-refractivity contribution in [1.82, 2.24) is 19.7 Å². The highest BCUT2D eigenvalue weighted by molar-refractivity contribution is 7.80. The molecule has 0 aromatic carbocycles. The van der Waals surface area contributed by atoms with E-state index in [-0.39, 0.29) is 11.1 Å². The number of hydrogen-bond donors (Lipinski definition) is 1. The van der Waals surface area contributed by atoms with Crippen molar-refractivity contribution in [2.45, 2.75) is 20.0 Å². The fourth-order valence-electron chi connectivity index (χ4n) is 1.38. The van der Waals surface area contributed by atoms with Crippen molar-refractivity contribution in [3.8, 4) is 11.6 Å². The Hall–Kier alpha value is -2.02. The Morgan fingerprint density at radius 2 is 2.22 bits per heavy atom. The zero-order valence-corrected chi connectivity index (χ0v) is 10.9. The summed E-state index contributed by atoms with van der Waals surface area (Å²) in [6, 6.07) is 3.62. The molecular weight excluding hydrogens is 250 g/mol. The van der Waals surface area contributed by atoms with Crippen LogP contribution >= 0.6 is 12.2 Å². The monoisotopic (exact) mass is 263 g/mol. The molecule has 0 unspecified atom stereocenters. The average molecular weight is 263 g/mol. The van der Waals surface area contributed by atoms with Crippen LogP contribution in [0.3, 0.4) is 0 Å². The van der Waals surface area contributed by atoms with E-state index in [1.807, 2.05) is 19.9 Å². The lowest BCUT2D eigenvalue weighted by atomic mass is 10.4. The fraction of sp³-hybridized carbons (Fsp3) is 0.273. The highest BCUT2D eigenvalue weighted by Gasteiger charge is 2.11. The predicted molar refractivity (Wildman–Crippen MR) is 70.8 cm³/mol. The standard InChI is InChI=1S/C11H13N5OS/c1-7(2)17-8-4-3-5-13-11(8)16-6-14-10(15-16)9(12)18/h3-7H,1-2H3,(H2,12,18). The summed E-state index contributed by atoms with van der Waals surface area (Å²) in [6.07, 6.45) is 3.21. The van der Waals surface area contributed by atoms with Gasteiger partial charge in [-0.2, -0.15) is 4.68 Å². The first-order valence-electron chi connectivity index (χ1n) is 5.41. The van der Waals surface area contributed by atoms with Crippen molar-refractivity contribution < 1.29 is 4.74 Å². The summed E-state index contributed by atoms with van der Waals surface area (Å²) in [5.41, 5.74) is 5.47. The van der Waals surface area contributed by atoms with E-state index in [9.17, 15) is 0 Å². The molecule has 6 nitrogen and oxygen atoms in total. The summed E-state index contributed by atoms with van der Waals surface area (Å²) >= 11 is 4.82. The van der Waals surface area contributed by atoms with Gasteiger partial charge in [-0.1, -0.05) is 12.2 Å². The number of pyridine rings is 1. The van der Waals surface area contributed by atoms with Crippen molar-refractivity contribution >= 4 is 17.2 Å². The molecule has 2 rings (SSSR count). The van der Waals surface area contributed by atoms with Gasteiger partial charge in [-0.05, 0) is 26.0 Å². The van der Waals surface area contributed by atoms with E-state index < -0.39 is 0 Å². The Balaban J connectivity index is 2.39. The number of hydrogen-bond acceptors (Lipinski definition) is 5. The van der Waals surface area contributed by atoms with Gasteiger partial charge < -0.3 is 10.5 Å². The number of nitrogens with two attached hydrogens (primary N) is 1. The summed E-state index contributed by atoms with van der Waals surface area (Å²) in [6.45, 7) is 3.89. The molecule has 0 aliphatic rings. The first kappa shape index (κ1) is 12.4. The van der Waals surface area contributed by atoms with Gasteiger partial charge in [0.1, 0.15) is 11.3 Å². The highest BCUT2D eigenvalue weighted by Crippen LogP contribution is 2.20. The number of aromatic nitrogens is 4. The predicted octanol–water partition coefficient (Wildman–Crippen LogP) is 1.08. The van der Waals surface area contributed by atoms with Crippen LogP contribution in [0.4, 0.5) is 0 Å². The lowest BCUT2D eigenvalue weighted by Crippen LogP contribution is -2.13. The van der Waals surface area contributed by atoms with Crippen molar-refractivity contribution in [1.29, 1.82) is 0 Å². The van der Waals surface area contributed by atoms with E-state index in [1.165, 1.54) is 11.0 Å². The second-order valence-corrected chi connectivity index (χ2v) is 4.31. The molecule has 0 aliphatic carbocycles. The minimum atomic E-state index is 0.0477. The van der Waals surface area contributed by atoms with E-state index in [0.29, 0.717) is 17.4 Å². The zero-order chi connectivity index (χ0) is 13.1. The molecule has 0 fully saturated rings. The Labute approximate surface area is 110 Å². The third kappa shape index (κ3) is 2.62. The molecule has 0 amide bonds. The lowest BCUT2D eigenvalue weighted by molar-refractivity contribution is 0.240. The zero-order valence-electron chi connectivity index (χ0n) is 10.1. The van der Waals surface area contributed by atoms with Crippen LogP contribution in [-0.2, 0) is 0 Å². The molecule has 0 spiro atoms. The minimum Gasteiger partial charge on any atom is -0.487 e. The molecule has 94 valence electrons. The van der Waals surface area contributed by atoms with Crippen LogP contribution in [0.1, 0.15) is 19.7 Å². The molecule has 18 heavy (non-hydrogen) atoms. The molecule has 0 bridgehead atoms. The number of nitrogens with zero attached hydrogens (tertiary/aromatic N) is 4. The van der Waals surface area contributed by atoms with Gasteiger partial charge in [0, 0.05) is 6.20 Å². The Morgan fingerprint density at radius 3 is 2.83 bits per heavy atom. The van der Waals surface area contributed by atoms with E-state index in [2.05, 4.69) is 15.1 Å². The van der Waals surface area contributed by atoms with Crippen LogP contribution in [-0.4, -0.2) is 30.8 Å². The molecule has 7 heteroatoms. The van der Waals surface area contributed by atoms with Crippen molar-refractivity contribution in [2.75, 3.05) is 0 Å². The van der Waals surface area contributed by atoms with Crippen molar-refractivity contribution in [2.24, 2.45) is 5.73 Å². The van der Waals surface area contributed by atoms with Crippen LogP contribution in [0.5, 0.6) is 5.75 Å².